The van der Waals surface area contributed by atoms with E-state index in [0.29, 0.717) is 23.0 Å². The summed E-state index contributed by atoms with van der Waals surface area (Å²) in [4.78, 5) is 29.0. The molecule has 0 aliphatic carbocycles. The van der Waals surface area contributed by atoms with Crippen LogP contribution in [0, 0.1) is 0 Å². The lowest BCUT2D eigenvalue weighted by molar-refractivity contribution is -0.115. The van der Waals surface area contributed by atoms with Gasteiger partial charge in [-0.1, -0.05) is 48.5 Å². The number of anilines is 1. The number of hydrogen-bond acceptors (Lipinski definition) is 5. The van der Waals surface area contributed by atoms with Crippen LogP contribution in [0.25, 0.3) is 10.8 Å². The highest BCUT2D eigenvalue weighted by Crippen LogP contribution is 2.15. The smallest absolute Gasteiger partial charge is 0.274 e. The van der Waals surface area contributed by atoms with Crippen LogP contribution in [0.4, 0.5) is 5.95 Å². The third kappa shape index (κ3) is 3.59. The summed E-state index contributed by atoms with van der Waals surface area (Å²) in [6.07, 6.45) is 1.32. The van der Waals surface area contributed by atoms with Crippen molar-refractivity contribution in [2.75, 3.05) is 5.32 Å². The Balaban J connectivity index is 1.71. The highest BCUT2D eigenvalue weighted by atomic mass is 16.2. The maximum atomic E-state index is 12.8. The summed E-state index contributed by atoms with van der Waals surface area (Å²) in [6.45, 7) is 0.335. The van der Waals surface area contributed by atoms with Gasteiger partial charge in [-0.25, -0.2) is 9.78 Å². The van der Waals surface area contributed by atoms with Crippen LogP contribution in [0.2, 0.25) is 0 Å². The lowest BCUT2D eigenvalue weighted by atomic mass is 10.1. The number of carbonyl (C=O) groups is 1. The number of benzene rings is 2. The third-order valence-electron chi connectivity index (χ3n) is 4.12. The molecular formula is C19H16N6O2. The van der Waals surface area contributed by atoms with E-state index in [9.17, 15) is 9.59 Å². The molecule has 8 heteroatoms. The summed E-state index contributed by atoms with van der Waals surface area (Å²) in [5.74, 6) is -0.0313. The lowest BCUT2D eigenvalue weighted by Gasteiger charge is -2.11. The number of H-pyrrole nitrogens is 1. The van der Waals surface area contributed by atoms with E-state index in [4.69, 9.17) is 0 Å². The third-order valence-corrected chi connectivity index (χ3v) is 4.12. The molecule has 4 rings (SSSR count). The van der Waals surface area contributed by atoms with Gasteiger partial charge in [0.15, 0.2) is 0 Å². The van der Waals surface area contributed by atoms with Crippen LogP contribution in [0.3, 0.4) is 0 Å². The van der Waals surface area contributed by atoms with Gasteiger partial charge in [-0.3, -0.25) is 14.9 Å². The van der Waals surface area contributed by atoms with Gasteiger partial charge in [0.1, 0.15) is 6.33 Å². The summed E-state index contributed by atoms with van der Waals surface area (Å²) in [7, 11) is 0. The molecule has 0 fully saturated rings. The van der Waals surface area contributed by atoms with Gasteiger partial charge in [0.05, 0.1) is 24.0 Å². The van der Waals surface area contributed by atoms with Gasteiger partial charge in [0, 0.05) is 5.39 Å². The quantitative estimate of drug-likeness (QED) is 0.564. The molecule has 134 valence electrons. The van der Waals surface area contributed by atoms with Crippen molar-refractivity contribution in [1.29, 1.82) is 0 Å². The summed E-state index contributed by atoms with van der Waals surface area (Å²) >= 11 is 0. The Morgan fingerprint density at radius 3 is 2.52 bits per heavy atom. The molecule has 0 radical (unpaired) electrons. The molecule has 0 saturated heterocycles. The SMILES string of the molecule is O=C(Cc1nn(Cc2ccccc2)c(=O)c2ccccc12)Nc1ncn[nH]1. The maximum Gasteiger partial charge on any atom is 0.274 e. The monoisotopic (exact) mass is 360 g/mol. The second-order valence-corrected chi connectivity index (χ2v) is 6.00. The molecular weight excluding hydrogens is 344 g/mol. The summed E-state index contributed by atoms with van der Waals surface area (Å²) < 4.78 is 1.40. The van der Waals surface area contributed by atoms with E-state index >= 15 is 0 Å². The zero-order valence-electron chi connectivity index (χ0n) is 14.3. The van der Waals surface area contributed by atoms with Gasteiger partial charge in [0.2, 0.25) is 11.9 Å². The van der Waals surface area contributed by atoms with Gasteiger partial charge in [-0.05, 0) is 11.6 Å². The molecule has 1 amide bonds. The van der Waals surface area contributed by atoms with E-state index in [2.05, 4.69) is 25.6 Å². The molecule has 0 bridgehead atoms. The van der Waals surface area contributed by atoms with Crippen molar-refractivity contribution in [2.45, 2.75) is 13.0 Å². The molecule has 2 N–H and O–H groups in total. The number of amides is 1. The minimum absolute atomic E-state index is 0.0102. The Bertz CT molecular complexity index is 1140. The van der Waals surface area contributed by atoms with Crippen molar-refractivity contribution in [3.63, 3.8) is 0 Å². The van der Waals surface area contributed by atoms with E-state index in [1.54, 1.807) is 18.2 Å². The molecule has 2 aromatic carbocycles. The molecule has 0 saturated carbocycles. The number of fused-ring (bicyclic) bond motifs is 1. The van der Waals surface area contributed by atoms with Gasteiger partial charge >= 0.3 is 0 Å². The Labute approximate surface area is 153 Å². The molecule has 2 heterocycles. The normalized spacial score (nSPS) is 10.8. The Kier molecular flexibility index (Phi) is 4.44. The maximum absolute atomic E-state index is 12.8. The first-order valence-electron chi connectivity index (χ1n) is 8.38. The molecule has 0 aliphatic heterocycles. The molecule has 27 heavy (non-hydrogen) atoms. The first kappa shape index (κ1) is 16.6. The molecule has 0 aliphatic rings. The Hall–Kier alpha value is -3.81. The minimum Gasteiger partial charge on any atom is -0.295 e. The number of carbonyl (C=O) groups excluding carboxylic acids is 1. The van der Waals surface area contributed by atoms with E-state index < -0.39 is 0 Å². The fraction of sp³-hybridized carbons (Fsp3) is 0.105. The van der Waals surface area contributed by atoms with Gasteiger partial charge in [0.25, 0.3) is 5.56 Å². The van der Waals surface area contributed by atoms with E-state index in [0.717, 1.165) is 5.56 Å². The Morgan fingerprint density at radius 2 is 1.78 bits per heavy atom. The zero-order valence-corrected chi connectivity index (χ0v) is 14.3. The fourth-order valence-corrected chi connectivity index (χ4v) is 2.89. The predicted molar refractivity (Wildman–Crippen MR) is 100 cm³/mol. The highest BCUT2D eigenvalue weighted by molar-refractivity contribution is 5.94. The van der Waals surface area contributed by atoms with Gasteiger partial charge in [-0.2, -0.15) is 15.2 Å². The van der Waals surface area contributed by atoms with Crippen LogP contribution in [-0.2, 0) is 17.8 Å². The molecule has 0 spiro atoms. The van der Waals surface area contributed by atoms with Crippen molar-refractivity contribution in [1.82, 2.24) is 25.0 Å². The van der Waals surface area contributed by atoms with Crippen LogP contribution >= 0.6 is 0 Å². The van der Waals surface area contributed by atoms with Crippen LogP contribution in [-0.4, -0.2) is 30.9 Å². The molecule has 0 atom stereocenters. The number of aromatic nitrogens is 5. The summed E-state index contributed by atoms with van der Waals surface area (Å²) in [5.41, 5.74) is 1.30. The largest absolute Gasteiger partial charge is 0.295 e. The minimum atomic E-state index is -0.297. The lowest BCUT2D eigenvalue weighted by Crippen LogP contribution is -2.27. The zero-order chi connectivity index (χ0) is 18.6. The molecule has 4 aromatic rings. The van der Waals surface area contributed by atoms with Gasteiger partial charge in [-0.15, -0.1) is 0 Å². The number of hydrogen-bond donors (Lipinski definition) is 2. The summed E-state index contributed by atoms with van der Waals surface area (Å²) in [6, 6.07) is 16.8. The average molecular weight is 360 g/mol. The predicted octanol–water partition coefficient (Wildman–Crippen LogP) is 1.74. The Morgan fingerprint density at radius 1 is 1.04 bits per heavy atom. The van der Waals surface area contributed by atoms with Gasteiger partial charge < -0.3 is 0 Å². The highest BCUT2D eigenvalue weighted by Gasteiger charge is 2.14. The standard InChI is InChI=1S/C19H16N6O2/c26-17(22-19-20-12-21-23-19)10-16-14-8-4-5-9-15(14)18(27)25(24-16)11-13-6-2-1-3-7-13/h1-9,12H,10-11H2,(H2,20,21,22,23,26). The molecule has 2 aromatic heterocycles. The first-order chi connectivity index (χ1) is 13.2. The molecule has 8 nitrogen and oxygen atoms in total. The number of nitrogens with zero attached hydrogens (tertiary/aromatic N) is 4. The number of rotatable bonds is 5. The van der Waals surface area contributed by atoms with Crippen molar-refractivity contribution >= 4 is 22.6 Å². The first-order valence-corrected chi connectivity index (χ1v) is 8.38. The second kappa shape index (κ2) is 7.20. The van der Waals surface area contributed by atoms with E-state index in [1.807, 2.05) is 36.4 Å². The molecule has 0 unspecified atom stereocenters. The van der Waals surface area contributed by atoms with Crippen molar-refractivity contribution in [3.05, 3.63) is 82.5 Å². The van der Waals surface area contributed by atoms with E-state index in [-0.39, 0.29) is 23.8 Å². The van der Waals surface area contributed by atoms with E-state index in [1.165, 1.54) is 11.0 Å². The van der Waals surface area contributed by atoms with Crippen molar-refractivity contribution < 1.29 is 4.79 Å². The van der Waals surface area contributed by atoms with Crippen molar-refractivity contribution in [2.24, 2.45) is 0 Å². The van der Waals surface area contributed by atoms with Crippen LogP contribution in [0.1, 0.15) is 11.3 Å². The fourth-order valence-electron chi connectivity index (χ4n) is 2.89. The summed E-state index contributed by atoms with van der Waals surface area (Å²) in [5, 5.41) is 14.6. The van der Waals surface area contributed by atoms with Crippen LogP contribution < -0.4 is 10.9 Å². The number of nitrogens with one attached hydrogen (secondary N) is 2. The topological polar surface area (TPSA) is 106 Å². The van der Waals surface area contributed by atoms with Crippen LogP contribution in [0.15, 0.2) is 65.7 Å². The number of aromatic amines is 1. The average Bonchev–Trinajstić information content (AvgIpc) is 3.19. The van der Waals surface area contributed by atoms with Crippen molar-refractivity contribution in [3.8, 4) is 0 Å². The van der Waals surface area contributed by atoms with Crippen LogP contribution in [0.5, 0.6) is 0 Å². The second-order valence-electron chi connectivity index (χ2n) is 6.00.